The first-order valence-corrected chi connectivity index (χ1v) is 7.61. The summed E-state index contributed by atoms with van der Waals surface area (Å²) in [6.07, 6.45) is -0.673. The van der Waals surface area contributed by atoms with Gasteiger partial charge in [0.15, 0.2) is 0 Å². The van der Waals surface area contributed by atoms with E-state index in [2.05, 4.69) is 18.3 Å². The molecule has 0 saturated carbocycles. The van der Waals surface area contributed by atoms with E-state index in [1.54, 1.807) is 29.5 Å². The minimum atomic E-state index is -0.673. The highest BCUT2D eigenvalue weighted by molar-refractivity contribution is 7.10. The van der Waals surface area contributed by atoms with E-state index in [4.69, 9.17) is 23.2 Å². The Hall–Kier alpha value is -0.580. The molecule has 1 aromatic carbocycles. The first-order chi connectivity index (χ1) is 9.08. The third-order valence-corrected chi connectivity index (χ3v) is 4.54. The molecule has 102 valence electrons. The normalized spacial score (nSPS) is 14.3. The first-order valence-electron chi connectivity index (χ1n) is 5.97. The Bertz CT molecular complexity index is 530. The van der Waals surface area contributed by atoms with Crippen LogP contribution < -0.4 is 5.32 Å². The lowest BCUT2D eigenvalue weighted by Crippen LogP contribution is -2.24. The summed E-state index contributed by atoms with van der Waals surface area (Å²) in [5, 5.41) is 16.6. The molecule has 2 rings (SSSR count). The molecule has 0 bridgehead atoms. The molecule has 1 unspecified atom stereocenters. The fourth-order valence-corrected chi connectivity index (χ4v) is 2.99. The van der Waals surface area contributed by atoms with Gasteiger partial charge in [0.05, 0.1) is 6.10 Å². The summed E-state index contributed by atoms with van der Waals surface area (Å²) >= 11 is 13.7. The van der Waals surface area contributed by atoms with Gasteiger partial charge in [0.25, 0.3) is 0 Å². The fraction of sp³-hybridized carbons (Fsp3) is 0.286. The number of benzene rings is 1. The average Bonchev–Trinajstić information content (AvgIpc) is 2.92. The maximum Gasteiger partial charge on any atom is 0.0929 e. The number of aliphatic hydroxyl groups is 1. The molecule has 1 heterocycles. The van der Waals surface area contributed by atoms with Gasteiger partial charge in [-0.2, -0.15) is 0 Å². The van der Waals surface area contributed by atoms with Crippen molar-refractivity contribution in [2.45, 2.75) is 19.1 Å². The van der Waals surface area contributed by atoms with Gasteiger partial charge in [-0.25, -0.2) is 0 Å². The van der Waals surface area contributed by atoms with Crippen LogP contribution >= 0.6 is 34.5 Å². The number of hydrogen-bond donors (Lipinski definition) is 2. The van der Waals surface area contributed by atoms with Gasteiger partial charge in [-0.3, -0.25) is 0 Å². The zero-order valence-corrected chi connectivity index (χ0v) is 12.8. The smallest absolute Gasteiger partial charge is 0.0929 e. The lowest BCUT2D eigenvalue weighted by Gasteiger charge is -2.17. The summed E-state index contributed by atoms with van der Waals surface area (Å²) in [6, 6.07) is 9.40. The maximum atomic E-state index is 10.2. The Labute approximate surface area is 127 Å². The molecule has 1 aromatic heterocycles. The lowest BCUT2D eigenvalue weighted by molar-refractivity contribution is 0.171. The van der Waals surface area contributed by atoms with Crippen molar-refractivity contribution in [1.82, 2.24) is 5.32 Å². The summed E-state index contributed by atoms with van der Waals surface area (Å²) in [7, 11) is 0. The van der Waals surface area contributed by atoms with E-state index in [1.807, 2.05) is 11.4 Å². The molecule has 0 aliphatic heterocycles. The lowest BCUT2D eigenvalue weighted by atomic mass is 10.1. The van der Waals surface area contributed by atoms with E-state index in [0.29, 0.717) is 22.2 Å². The van der Waals surface area contributed by atoms with E-state index >= 15 is 0 Å². The summed E-state index contributed by atoms with van der Waals surface area (Å²) in [4.78, 5) is 1.24. The molecule has 2 nitrogen and oxygen atoms in total. The highest BCUT2D eigenvalue weighted by Crippen LogP contribution is 2.26. The van der Waals surface area contributed by atoms with Crippen LogP contribution in [0.3, 0.4) is 0 Å². The monoisotopic (exact) mass is 315 g/mol. The van der Waals surface area contributed by atoms with E-state index < -0.39 is 6.10 Å². The first kappa shape index (κ1) is 14.8. The zero-order valence-electron chi connectivity index (χ0n) is 10.4. The predicted molar refractivity (Wildman–Crippen MR) is 82.2 cm³/mol. The Morgan fingerprint density at radius 3 is 2.79 bits per heavy atom. The van der Waals surface area contributed by atoms with Crippen molar-refractivity contribution in [1.29, 1.82) is 0 Å². The maximum absolute atomic E-state index is 10.2. The molecule has 2 N–H and O–H groups in total. The van der Waals surface area contributed by atoms with E-state index in [-0.39, 0.29) is 6.04 Å². The molecule has 0 fully saturated rings. The third-order valence-electron chi connectivity index (χ3n) is 2.90. The summed E-state index contributed by atoms with van der Waals surface area (Å²) in [5.74, 6) is 0. The molecule has 0 amide bonds. The van der Waals surface area contributed by atoms with Crippen molar-refractivity contribution in [2.75, 3.05) is 6.54 Å². The van der Waals surface area contributed by atoms with E-state index in [0.717, 1.165) is 0 Å². The van der Waals surface area contributed by atoms with Crippen LogP contribution in [0.1, 0.15) is 29.5 Å². The molecule has 2 aromatic rings. The largest absolute Gasteiger partial charge is 0.387 e. The minimum Gasteiger partial charge on any atom is -0.387 e. The van der Waals surface area contributed by atoms with Gasteiger partial charge < -0.3 is 10.4 Å². The Morgan fingerprint density at radius 1 is 1.32 bits per heavy atom. The molecular formula is C14H15Cl2NOS. The standard InChI is InChI=1S/C14H15Cl2NOS/c1-9(14-3-2-6-19-14)17-8-13(18)11-7-10(15)4-5-12(11)16/h2-7,9,13,17-18H,8H2,1H3/t9-,13?/m0/s1. The molecule has 19 heavy (non-hydrogen) atoms. The van der Waals surface area contributed by atoms with Crippen LogP contribution in [0.15, 0.2) is 35.7 Å². The van der Waals surface area contributed by atoms with Crippen LogP contribution in [0.2, 0.25) is 10.0 Å². The number of hydrogen-bond acceptors (Lipinski definition) is 3. The minimum absolute atomic E-state index is 0.201. The molecule has 0 saturated heterocycles. The quantitative estimate of drug-likeness (QED) is 0.855. The van der Waals surface area contributed by atoms with Crippen LogP contribution in [0.5, 0.6) is 0 Å². The predicted octanol–water partition coefficient (Wildman–Crippen LogP) is 4.44. The van der Waals surface area contributed by atoms with Gasteiger partial charge in [0.2, 0.25) is 0 Å². The Morgan fingerprint density at radius 2 is 2.11 bits per heavy atom. The van der Waals surface area contributed by atoms with Gasteiger partial charge in [-0.1, -0.05) is 29.3 Å². The molecular weight excluding hydrogens is 301 g/mol. The zero-order chi connectivity index (χ0) is 13.8. The Kier molecular flexibility index (Phi) is 5.25. The third kappa shape index (κ3) is 3.94. The summed E-state index contributed by atoms with van der Waals surface area (Å²) < 4.78 is 0. The van der Waals surface area contributed by atoms with E-state index in [1.165, 1.54) is 4.88 Å². The van der Waals surface area contributed by atoms with Crippen molar-refractivity contribution < 1.29 is 5.11 Å². The highest BCUT2D eigenvalue weighted by atomic mass is 35.5. The molecule has 0 aliphatic carbocycles. The second kappa shape index (κ2) is 6.73. The highest BCUT2D eigenvalue weighted by Gasteiger charge is 2.14. The van der Waals surface area contributed by atoms with Crippen molar-refractivity contribution >= 4 is 34.5 Å². The molecule has 0 radical (unpaired) electrons. The topological polar surface area (TPSA) is 32.3 Å². The molecule has 5 heteroatoms. The summed E-state index contributed by atoms with van der Waals surface area (Å²) in [6.45, 7) is 2.50. The average molecular weight is 316 g/mol. The number of rotatable bonds is 5. The van der Waals surface area contributed by atoms with E-state index in [9.17, 15) is 5.11 Å². The number of nitrogens with one attached hydrogen (secondary N) is 1. The van der Waals surface area contributed by atoms with Crippen molar-refractivity contribution in [3.63, 3.8) is 0 Å². The van der Waals surface area contributed by atoms with Crippen LogP contribution in [0.4, 0.5) is 0 Å². The second-order valence-electron chi connectivity index (χ2n) is 4.33. The van der Waals surface area contributed by atoms with Crippen LogP contribution in [0.25, 0.3) is 0 Å². The number of aliphatic hydroxyl groups excluding tert-OH is 1. The number of thiophene rings is 1. The fourth-order valence-electron chi connectivity index (χ4n) is 1.81. The van der Waals surface area contributed by atoms with Crippen LogP contribution in [0, 0.1) is 0 Å². The van der Waals surface area contributed by atoms with Crippen LogP contribution in [-0.4, -0.2) is 11.7 Å². The Balaban J connectivity index is 1.97. The van der Waals surface area contributed by atoms with Gasteiger partial charge in [-0.05, 0) is 36.6 Å². The van der Waals surface area contributed by atoms with Crippen molar-refractivity contribution in [3.05, 3.63) is 56.2 Å². The van der Waals surface area contributed by atoms with Gasteiger partial charge >= 0.3 is 0 Å². The van der Waals surface area contributed by atoms with Gasteiger partial charge in [0.1, 0.15) is 0 Å². The van der Waals surface area contributed by atoms with Crippen LogP contribution in [-0.2, 0) is 0 Å². The van der Waals surface area contributed by atoms with Gasteiger partial charge in [-0.15, -0.1) is 11.3 Å². The summed E-state index contributed by atoms with van der Waals surface area (Å²) in [5.41, 5.74) is 0.653. The molecule has 0 spiro atoms. The number of halogens is 2. The molecule has 2 atom stereocenters. The van der Waals surface area contributed by atoms with Crippen molar-refractivity contribution in [3.8, 4) is 0 Å². The molecule has 0 aliphatic rings. The second-order valence-corrected chi connectivity index (χ2v) is 6.15. The SMILES string of the molecule is C[C@H](NCC(O)c1cc(Cl)ccc1Cl)c1cccs1. The van der Waals surface area contributed by atoms with Crippen molar-refractivity contribution in [2.24, 2.45) is 0 Å². The van der Waals surface area contributed by atoms with Gasteiger partial charge in [0, 0.05) is 33.1 Å².